The highest BCUT2D eigenvalue weighted by Gasteiger charge is 2.20. The highest BCUT2D eigenvalue weighted by atomic mass is 16.5. The number of hydrogen-bond acceptors (Lipinski definition) is 4. The van der Waals surface area contributed by atoms with Gasteiger partial charge in [0.15, 0.2) is 0 Å². The van der Waals surface area contributed by atoms with E-state index in [1.165, 1.54) is 0 Å². The summed E-state index contributed by atoms with van der Waals surface area (Å²) in [6.07, 6.45) is 0.991. The van der Waals surface area contributed by atoms with Crippen molar-refractivity contribution in [2.45, 2.75) is 12.5 Å². The molecule has 0 bridgehead atoms. The quantitative estimate of drug-likeness (QED) is 0.547. The third kappa shape index (κ3) is 4.04. The van der Waals surface area contributed by atoms with Gasteiger partial charge < -0.3 is 15.8 Å². The van der Waals surface area contributed by atoms with Crippen molar-refractivity contribution < 1.29 is 9.53 Å². The standard InChI is InChI=1S/C9H19N3O2/c1-14-5-3-11-9(13)7-12-4-2-8(10)6-12/h8H,2-7,10H2,1H3,(H,11,13)/t8-/m0/s1. The lowest BCUT2D eigenvalue weighted by Crippen LogP contribution is -2.38. The van der Waals surface area contributed by atoms with Gasteiger partial charge in [-0.3, -0.25) is 9.69 Å². The number of nitrogens with zero attached hydrogens (tertiary/aromatic N) is 1. The molecule has 0 spiro atoms. The first-order chi connectivity index (χ1) is 6.72. The van der Waals surface area contributed by atoms with Crippen molar-refractivity contribution in [2.75, 3.05) is 39.9 Å². The van der Waals surface area contributed by atoms with Gasteiger partial charge in [0.1, 0.15) is 0 Å². The number of nitrogens with two attached hydrogens (primary N) is 1. The molecule has 1 heterocycles. The van der Waals surface area contributed by atoms with Crippen LogP contribution in [-0.2, 0) is 9.53 Å². The Labute approximate surface area is 84.6 Å². The summed E-state index contributed by atoms with van der Waals surface area (Å²) in [4.78, 5) is 13.4. The molecule has 1 rings (SSSR count). The second-order valence-electron chi connectivity index (χ2n) is 3.63. The fourth-order valence-corrected chi connectivity index (χ4v) is 1.56. The minimum Gasteiger partial charge on any atom is -0.383 e. The first-order valence-corrected chi connectivity index (χ1v) is 4.96. The van der Waals surface area contributed by atoms with Gasteiger partial charge in [-0.05, 0) is 6.42 Å². The van der Waals surface area contributed by atoms with E-state index in [0.29, 0.717) is 19.7 Å². The average Bonchev–Trinajstić information content (AvgIpc) is 2.52. The van der Waals surface area contributed by atoms with Crippen LogP contribution in [0.5, 0.6) is 0 Å². The van der Waals surface area contributed by atoms with E-state index in [1.54, 1.807) is 7.11 Å². The summed E-state index contributed by atoms with van der Waals surface area (Å²) in [6.45, 7) is 3.36. The molecule has 0 saturated carbocycles. The van der Waals surface area contributed by atoms with Crippen molar-refractivity contribution in [3.8, 4) is 0 Å². The Bertz CT molecular complexity index is 187. The SMILES string of the molecule is COCCNC(=O)CN1CC[C@H](N)C1. The average molecular weight is 201 g/mol. The monoisotopic (exact) mass is 201 g/mol. The van der Waals surface area contributed by atoms with Crippen LogP contribution in [0.15, 0.2) is 0 Å². The van der Waals surface area contributed by atoms with E-state index >= 15 is 0 Å². The van der Waals surface area contributed by atoms with Crippen molar-refractivity contribution in [3.05, 3.63) is 0 Å². The molecule has 0 aromatic heterocycles. The van der Waals surface area contributed by atoms with Gasteiger partial charge in [-0.15, -0.1) is 0 Å². The van der Waals surface area contributed by atoms with Crippen molar-refractivity contribution in [1.29, 1.82) is 0 Å². The van der Waals surface area contributed by atoms with E-state index in [2.05, 4.69) is 10.2 Å². The topological polar surface area (TPSA) is 67.6 Å². The first-order valence-electron chi connectivity index (χ1n) is 4.96. The number of nitrogens with one attached hydrogen (secondary N) is 1. The Hall–Kier alpha value is -0.650. The smallest absolute Gasteiger partial charge is 0.234 e. The summed E-state index contributed by atoms with van der Waals surface area (Å²) in [6, 6.07) is 0.238. The summed E-state index contributed by atoms with van der Waals surface area (Å²) >= 11 is 0. The molecule has 1 aliphatic heterocycles. The van der Waals surface area contributed by atoms with E-state index in [-0.39, 0.29) is 11.9 Å². The molecular weight excluding hydrogens is 182 g/mol. The molecule has 0 aromatic carbocycles. The summed E-state index contributed by atoms with van der Waals surface area (Å²) in [5, 5.41) is 2.78. The van der Waals surface area contributed by atoms with Crippen molar-refractivity contribution in [2.24, 2.45) is 5.73 Å². The van der Waals surface area contributed by atoms with E-state index in [0.717, 1.165) is 19.5 Å². The molecule has 14 heavy (non-hydrogen) atoms. The van der Waals surface area contributed by atoms with Crippen LogP contribution < -0.4 is 11.1 Å². The van der Waals surface area contributed by atoms with Crippen LogP contribution in [0, 0.1) is 0 Å². The number of ether oxygens (including phenoxy) is 1. The second kappa shape index (κ2) is 5.95. The van der Waals surface area contributed by atoms with Gasteiger partial charge in [0.25, 0.3) is 0 Å². The molecule has 1 aliphatic rings. The number of rotatable bonds is 5. The van der Waals surface area contributed by atoms with Gasteiger partial charge in [0, 0.05) is 32.8 Å². The normalized spacial score (nSPS) is 22.6. The lowest BCUT2D eigenvalue weighted by atomic mass is 10.3. The van der Waals surface area contributed by atoms with E-state index in [4.69, 9.17) is 10.5 Å². The zero-order chi connectivity index (χ0) is 10.4. The summed E-state index contributed by atoms with van der Waals surface area (Å²) in [5.74, 6) is 0.0520. The van der Waals surface area contributed by atoms with Crippen LogP contribution in [0.4, 0.5) is 0 Å². The zero-order valence-electron chi connectivity index (χ0n) is 8.66. The van der Waals surface area contributed by atoms with Crippen LogP contribution in [0.3, 0.4) is 0 Å². The van der Waals surface area contributed by atoms with Crippen molar-refractivity contribution in [1.82, 2.24) is 10.2 Å². The Morgan fingerprint density at radius 1 is 1.71 bits per heavy atom. The van der Waals surface area contributed by atoms with E-state index < -0.39 is 0 Å². The molecule has 0 aliphatic carbocycles. The summed E-state index contributed by atoms with van der Waals surface area (Å²) < 4.78 is 4.83. The van der Waals surface area contributed by atoms with Gasteiger partial charge >= 0.3 is 0 Å². The predicted molar refractivity (Wildman–Crippen MR) is 53.9 cm³/mol. The minimum absolute atomic E-state index is 0.0520. The molecule has 5 nitrogen and oxygen atoms in total. The Morgan fingerprint density at radius 3 is 3.07 bits per heavy atom. The largest absolute Gasteiger partial charge is 0.383 e. The first kappa shape index (κ1) is 11.4. The highest BCUT2D eigenvalue weighted by molar-refractivity contribution is 5.78. The molecule has 3 N–H and O–H groups in total. The Morgan fingerprint density at radius 2 is 2.50 bits per heavy atom. The molecular formula is C9H19N3O2. The highest BCUT2D eigenvalue weighted by Crippen LogP contribution is 2.05. The van der Waals surface area contributed by atoms with Crippen molar-refractivity contribution in [3.63, 3.8) is 0 Å². The lowest BCUT2D eigenvalue weighted by molar-refractivity contribution is -0.122. The summed E-state index contributed by atoms with van der Waals surface area (Å²) in [5.41, 5.74) is 5.73. The fourth-order valence-electron chi connectivity index (χ4n) is 1.56. The second-order valence-corrected chi connectivity index (χ2v) is 3.63. The summed E-state index contributed by atoms with van der Waals surface area (Å²) in [7, 11) is 1.62. The number of carbonyl (C=O) groups excluding carboxylic acids is 1. The molecule has 0 aromatic rings. The van der Waals surface area contributed by atoms with Crippen LogP contribution in [0.2, 0.25) is 0 Å². The van der Waals surface area contributed by atoms with Crippen LogP contribution in [-0.4, -0.2) is 56.7 Å². The number of methoxy groups -OCH3 is 1. The third-order valence-electron chi connectivity index (χ3n) is 2.30. The molecule has 1 saturated heterocycles. The van der Waals surface area contributed by atoms with Gasteiger partial charge in [-0.25, -0.2) is 0 Å². The van der Waals surface area contributed by atoms with Crippen molar-refractivity contribution >= 4 is 5.91 Å². The Balaban J connectivity index is 2.08. The zero-order valence-corrected chi connectivity index (χ0v) is 8.66. The molecule has 5 heteroatoms. The van der Waals surface area contributed by atoms with Gasteiger partial charge in [0.2, 0.25) is 5.91 Å². The van der Waals surface area contributed by atoms with Crippen LogP contribution in [0.1, 0.15) is 6.42 Å². The van der Waals surface area contributed by atoms with E-state index in [9.17, 15) is 4.79 Å². The minimum atomic E-state index is 0.0520. The molecule has 0 unspecified atom stereocenters. The van der Waals surface area contributed by atoms with E-state index in [1.807, 2.05) is 0 Å². The molecule has 1 fully saturated rings. The third-order valence-corrected chi connectivity index (χ3v) is 2.30. The number of amides is 1. The Kier molecular flexibility index (Phi) is 4.86. The molecule has 82 valence electrons. The fraction of sp³-hybridized carbons (Fsp3) is 0.889. The van der Waals surface area contributed by atoms with Crippen LogP contribution in [0.25, 0.3) is 0 Å². The maximum Gasteiger partial charge on any atom is 0.234 e. The van der Waals surface area contributed by atoms with Gasteiger partial charge in [0.05, 0.1) is 13.2 Å². The maximum absolute atomic E-state index is 11.3. The lowest BCUT2D eigenvalue weighted by Gasteiger charge is -2.14. The van der Waals surface area contributed by atoms with Gasteiger partial charge in [-0.2, -0.15) is 0 Å². The number of hydrogen-bond donors (Lipinski definition) is 2. The van der Waals surface area contributed by atoms with Crippen LogP contribution >= 0.6 is 0 Å². The number of likely N-dealkylation sites (tertiary alicyclic amines) is 1. The molecule has 0 radical (unpaired) electrons. The predicted octanol–water partition coefficient (Wildman–Crippen LogP) is -1.22. The maximum atomic E-state index is 11.3. The molecule has 1 atom stereocenters. The van der Waals surface area contributed by atoms with Gasteiger partial charge in [-0.1, -0.05) is 0 Å². The number of carbonyl (C=O) groups is 1. The molecule has 1 amide bonds.